The number of aryl methyl sites for hydroxylation is 1. The molecule has 34 heavy (non-hydrogen) atoms. The highest BCUT2D eigenvalue weighted by molar-refractivity contribution is 6.40. The van der Waals surface area contributed by atoms with Gasteiger partial charge in [0.2, 0.25) is 0 Å². The molecule has 0 aliphatic heterocycles. The largest absolute Gasteiger partial charge is 0.417 e. The molecule has 0 heterocycles. The van der Waals surface area contributed by atoms with Gasteiger partial charge in [-0.15, -0.1) is 0 Å². The first-order chi connectivity index (χ1) is 16.1. The highest BCUT2D eigenvalue weighted by Gasteiger charge is 2.32. The fourth-order valence-corrected chi connectivity index (χ4v) is 2.88. The van der Waals surface area contributed by atoms with Crippen molar-refractivity contribution in [2.24, 2.45) is 5.10 Å². The van der Waals surface area contributed by atoms with E-state index in [0.29, 0.717) is 5.69 Å². The van der Waals surface area contributed by atoms with Crippen LogP contribution in [0.25, 0.3) is 0 Å². The molecule has 3 aromatic carbocycles. The van der Waals surface area contributed by atoms with Crippen LogP contribution in [0, 0.1) is 6.92 Å². The average Bonchev–Trinajstić information content (AvgIpc) is 2.80. The van der Waals surface area contributed by atoms with Gasteiger partial charge in [0.25, 0.3) is 5.91 Å². The number of benzene rings is 3. The van der Waals surface area contributed by atoms with Crippen LogP contribution in [-0.4, -0.2) is 23.9 Å². The minimum Gasteiger partial charge on any atom is -0.322 e. The van der Waals surface area contributed by atoms with Crippen molar-refractivity contribution in [1.82, 2.24) is 5.43 Å². The number of hydrazone groups is 1. The number of amides is 3. The first-order valence-electron chi connectivity index (χ1n) is 9.93. The van der Waals surface area contributed by atoms with Gasteiger partial charge in [-0.3, -0.25) is 14.4 Å². The van der Waals surface area contributed by atoms with Crippen LogP contribution in [0.5, 0.6) is 0 Å². The van der Waals surface area contributed by atoms with Crippen molar-refractivity contribution >= 4 is 35.3 Å². The molecule has 0 bridgehead atoms. The molecule has 7 nitrogen and oxygen atoms in total. The third-order valence-corrected chi connectivity index (χ3v) is 4.57. The molecular weight excluding hydrogens is 449 g/mol. The van der Waals surface area contributed by atoms with E-state index < -0.39 is 29.5 Å². The fourth-order valence-electron chi connectivity index (χ4n) is 2.88. The number of para-hydroxylation sites is 1. The summed E-state index contributed by atoms with van der Waals surface area (Å²) in [6.45, 7) is 1.90. The smallest absolute Gasteiger partial charge is 0.322 e. The molecule has 0 unspecified atom stereocenters. The SMILES string of the molecule is Cc1ccc(NC(=O)c2ccccc2NC(=O)C(=O)NN=Cc2ccccc2C(F)(F)F)cc1. The van der Waals surface area contributed by atoms with Crippen LogP contribution in [0.2, 0.25) is 0 Å². The van der Waals surface area contributed by atoms with Crippen LogP contribution in [-0.2, 0) is 15.8 Å². The number of anilines is 2. The lowest BCUT2D eigenvalue weighted by Crippen LogP contribution is -2.33. The molecular formula is C24H19F3N4O3. The summed E-state index contributed by atoms with van der Waals surface area (Å²) < 4.78 is 39.1. The Bertz CT molecular complexity index is 1240. The van der Waals surface area contributed by atoms with Gasteiger partial charge in [-0.2, -0.15) is 18.3 Å². The Kier molecular flexibility index (Phi) is 7.42. The minimum absolute atomic E-state index is 0.0682. The van der Waals surface area contributed by atoms with Crippen molar-refractivity contribution in [1.29, 1.82) is 0 Å². The van der Waals surface area contributed by atoms with Gasteiger partial charge in [-0.05, 0) is 37.3 Å². The van der Waals surface area contributed by atoms with Crippen LogP contribution in [0.1, 0.15) is 27.0 Å². The van der Waals surface area contributed by atoms with Crippen molar-refractivity contribution < 1.29 is 27.6 Å². The number of nitrogens with zero attached hydrogens (tertiary/aromatic N) is 1. The van der Waals surface area contributed by atoms with Crippen molar-refractivity contribution in [2.75, 3.05) is 10.6 Å². The molecule has 3 N–H and O–H groups in total. The molecule has 0 saturated heterocycles. The molecule has 0 aliphatic carbocycles. The Labute approximate surface area is 192 Å². The summed E-state index contributed by atoms with van der Waals surface area (Å²) in [6.07, 6.45) is -3.82. The van der Waals surface area contributed by atoms with Crippen molar-refractivity contribution in [3.8, 4) is 0 Å². The Balaban J connectivity index is 1.66. The lowest BCUT2D eigenvalue weighted by Gasteiger charge is -2.11. The molecule has 174 valence electrons. The third kappa shape index (κ3) is 6.28. The van der Waals surface area contributed by atoms with Gasteiger partial charge < -0.3 is 10.6 Å². The molecule has 0 fully saturated rings. The summed E-state index contributed by atoms with van der Waals surface area (Å²) in [7, 11) is 0. The zero-order valence-electron chi connectivity index (χ0n) is 17.8. The minimum atomic E-state index is -4.60. The maximum Gasteiger partial charge on any atom is 0.417 e. The maximum atomic E-state index is 13.0. The summed E-state index contributed by atoms with van der Waals surface area (Å²) in [6, 6.07) is 17.8. The number of rotatable bonds is 5. The lowest BCUT2D eigenvalue weighted by molar-refractivity contribution is -0.137. The second kappa shape index (κ2) is 10.4. The van der Waals surface area contributed by atoms with E-state index in [1.54, 1.807) is 24.3 Å². The predicted octanol–water partition coefficient (Wildman–Crippen LogP) is 4.35. The number of nitrogens with one attached hydrogen (secondary N) is 3. The number of hydrogen-bond donors (Lipinski definition) is 3. The molecule has 3 aromatic rings. The molecule has 0 aliphatic rings. The summed E-state index contributed by atoms with van der Waals surface area (Å²) >= 11 is 0. The van der Waals surface area contributed by atoms with Crippen LogP contribution in [0.15, 0.2) is 77.9 Å². The summed E-state index contributed by atoms with van der Waals surface area (Å²) in [4.78, 5) is 36.9. The molecule has 0 aromatic heterocycles. The number of carbonyl (C=O) groups is 3. The topological polar surface area (TPSA) is 99.7 Å². The van der Waals surface area contributed by atoms with Gasteiger partial charge in [0, 0.05) is 11.3 Å². The molecule has 3 amide bonds. The van der Waals surface area contributed by atoms with Gasteiger partial charge in [0.1, 0.15) is 0 Å². The number of alkyl halides is 3. The van der Waals surface area contributed by atoms with E-state index in [2.05, 4.69) is 15.7 Å². The van der Waals surface area contributed by atoms with E-state index in [0.717, 1.165) is 17.8 Å². The summed E-state index contributed by atoms with van der Waals surface area (Å²) in [5.74, 6) is -2.90. The van der Waals surface area contributed by atoms with E-state index in [1.165, 1.54) is 30.3 Å². The second-order valence-electron chi connectivity index (χ2n) is 7.10. The molecule has 0 saturated carbocycles. The fraction of sp³-hybridized carbons (Fsp3) is 0.0833. The standard InChI is InChI=1S/C24H19F3N4O3/c1-15-10-12-17(13-11-15)29-21(32)18-7-3-5-9-20(18)30-22(33)23(34)31-28-14-16-6-2-4-8-19(16)24(25,26)27/h2-14H,1H3,(H,29,32)(H,30,33)(H,31,34). The van der Waals surface area contributed by atoms with E-state index in [9.17, 15) is 27.6 Å². The summed E-state index contributed by atoms with van der Waals surface area (Å²) in [5, 5.41) is 8.43. The molecule has 0 radical (unpaired) electrons. The zero-order chi connectivity index (χ0) is 24.7. The first-order valence-corrected chi connectivity index (χ1v) is 9.93. The predicted molar refractivity (Wildman–Crippen MR) is 121 cm³/mol. The lowest BCUT2D eigenvalue weighted by atomic mass is 10.1. The number of carbonyl (C=O) groups excluding carboxylic acids is 3. The van der Waals surface area contributed by atoms with Gasteiger partial charge in [0.15, 0.2) is 0 Å². The van der Waals surface area contributed by atoms with E-state index in [4.69, 9.17) is 0 Å². The highest BCUT2D eigenvalue weighted by atomic mass is 19.4. The number of halogens is 3. The van der Waals surface area contributed by atoms with Gasteiger partial charge in [-0.25, -0.2) is 5.43 Å². The van der Waals surface area contributed by atoms with Crippen LogP contribution in [0.4, 0.5) is 24.5 Å². The Morgan fingerprint density at radius 1 is 0.824 bits per heavy atom. The van der Waals surface area contributed by atoms with Crippen LogP contribution >= 0.6 is 0 Å². The van der Waals surface area contributed by atoms with Crippen molar-refractivity contribution in [3.63, 3.8) is 0 Å². The summed E-state index contributed by atoms with van der Waals surface area (Å²) in [5.41, 5.74) is 2.38. The van der Waals surface area contributed by atoms with Crippen LogP contribution < -0.4 is 16.1 Å². The zero-order valence-corrected chi connectivity index (χ0v) is 17.8. The van der Waals surface area contributed by atoms with Crippen LogP contribution in [0.3, 0.4) is 0 Å². The van der Waals surface area contributed by atoms with Gasteiger partial charge >= 0.3 is 18.0 Å². The van der Waals surface area contributed by atoms with E-state index in [-0.39, 0.29) is 16.8 Å². The van der Waals surface area contributed by atoms with Crippen molar-refractivity contribution in [3.05, 3.63) is 95.1 Å². The average molecular weight is 468 g/mol. The Morgan fingerprint density at radius 3 is 2.18 bits per heavy atom. The monoisotopic (exact) mass is 468 g/mol. The maximum absolute atomic E-state index is 13.0. The Morgan fingerprint density at radius 2 is 1.47 bits per heavy atom. The van der Waals surface area contributed by atoms with Gasteiger partial charge in [0.05, 0.1) is 23.0 Å². The highest BCUT2D eigenvalue weighted by Crippen LogP contribution is 2.31. The Hall–Kier alpha value is -4.47. The number of hydrogen-bond acceptors (Lipinski definition) is 4. The molecule has 3 rings (SSSR count). The van der Waals surface area contributed by atoms with E-state index in [1.807, 2.05) is 24.5 Å². The van der Waals surface area contributed by atoms with E-state index >= 15 is 0 Å². The molecule has 0 atom stereocenters. The first kappa shape index (κ1) is 24.2. The normalized spacial score (nSPS) is 11.2. The van der Waals surface area contributed by atoms with Gasteiger partial charge in [-0.1, -0.05) is 48.0 Å². The molecule has 10 heteroatoms. The second-order valence-corrected chi connectivity index (χ2v) is 7.10. The third-order valence-electron chi connectivity index (χ3n) is 4.57. The molecule has 0 spiro atoms. The van der Waals surface area contributed by atoms with Crippen molar-refractivity contribution in [2.45, 2.75) is 13.1 Å². The quantitative estimate of drug-likeness (QED) is 0.295.